The van der Waals surface area contributed by atoms with Crippen LogP contribution in [0, 0.1) is 6.92 Å². The normalized spacial score (nSPS) is 12.3. The highest BCUT2D eigenvalue weighted by molar-refractivity contribution is 9.10. The van der Waals surface area contributed by atoms with Gasteiger partial charge in [0.1, 0.15) is 12.4 Å². The molecule has 0 unspecified atom stereocenters. The number of halogens is 1. The molecule has 0 fully saturated rings. The summed E-state index contributed by atoms with van der Waals surface area (Å²) < 4.78 is 13.9. The van der Waals surface area contributed by atoms with Gasteiger partial charge in [-0.15, -0.1) is 0 Å². The molecule has 0 saturated heterocycles. The standard InChI is InChI=1S/C28H28BrN3O3/c1-5-19(3)27-31-24-14-13-22(29)15-23(24)28(33)32(27)30-16-21-7-6-8-25(34-4)26(21)35-17-20-11-9-18(2)10-12-20/h6-16,19H,5,17H2,1-4H3/t19-/m0/s1. The Morgan fingerprint density at radius 2 is 1.91 bits per heavy atom. The van der Waals surface area contributed by atoms with Gasteiger partial charge in [-0.2, -0.15) is 9.78 Å². The molecule has 0 aliphatic carbocycles. The van der Waals surface area contributed by atoms with Crippen molar-refractivity contribution in [3.05, 3.63) is 98.0 Å². The van der Waals surface area contributed by atoms with Crippen LogP contribution in [-0.4, -0.2) is 23.0 Å². The van der Waals surface area contributed by atoms with Gasteiger partial charge < -0.3 is 9.47 Å². The van der Waals surface area contributed by atoms with E-state index in [0.29, 0.717) is 40.4 Å². The van der Waals surface area contributed by atoms with Gasteiger partial charge in [-0.05, 0) is 49.2 Å². The number of nitrogens with zero attached hydrogens (tertiary/aromatic N) is 3. The van der Waals surface area contributed by atoms with Crippen LogP contribution in [0.5, 0.6) is 11.5 Å². The monoisotopic (exact) mass is 533 g/mol. The molecule has 0 N–H and O–H groups in total. The molecule has 3 aromatic carbocycles. The molecule has 0 aliphatic heterocycles. The van der Waals surface area contributed by atoms with Gasteiger partial charge in [0.2, 0.25) is 0 Å². The summed E-state index contributed by atoms with van der Waals surface area (Å²) in [5.74, 6) is 1.83. The Morgan fingerprint density at radius 1 is 1.14 bits per heavy atom. The van der Waals surface area contributed by atoms with Crippen molar-refractivity contribution in [3.63, 3.8) is 0 Å². The molecule has 0 saturated carbocycles. The first-order valence-corrected chi connectivity index (χ1v) is 12.3. The average Bonchev–Trinajstić information content (AvgIpc) is 2.87. The van der Waals surface area contributed by atoms with Gasteiger partial charge in [-0.1, -0.05) is 65.7 Å². The Labute approximate surface area is 213 Å². The van der Waals surface area contributed by atoms with Crippen molar-refractivity contribution in [2.24, 2.45) is 5.10 Å². The van der Waals surface area contributed by atoms with Crippen molar-refractivity contribution in [2.45, 2.75) is 39.7 Å². The zero-order valence-corrected chi connectivity index (χ0v) is 21.9. The predicted octanol–water partition coefficient (Wildman–Crippen LogP) is 6.45. The molecule has 0 amide bonds. The Balaban J connectivity index is 1.76. The van der Waals surface area contributed by atoms with Gasteiger partial charge in [0.05, 0.1) is 24.2 Å². The third-order valence-electron chi connectivity index (χ3n) is 5.93. The molecule has 180 valence electrons. The molecule has 0 spiro atoms. The third-order valence-corrected chi connectivity index (χ3v) is 6.43. The zero-order valence-electron chi connectivity index (χ0n) is 20.3. The lowest BCUT2D eigenvalue weighted by molar-refractivity contribution is 0.284. The van der Waals surface area contributed by atoms with Crippen LogP contribution in [0.1, 0.15) is 48.7 Å². The number of ether oxygens (including phenoxy) is 2. The lowest BCUT2D eigenvalue weighted by Crippen LogP contribution is -2.23. The second-order valence-corrected chi connectivity index (χ2v) is 9.37. The molecule has 0 radical (unpaired) electrons. The number of rotatable bonds is 8. The second kappa shape index (κ2) is 10.9. The summed E-state index contributed by atoms with van der Waals surface area (Å²) in [5, 5.41) is 5.10. The van der Waals surface area contributed by atoms with Crippen LogP contribution in [0.3, 0.4) is 0 Å². The first kappa shape index (κ1) is 24.7. The van der Waals surface area contributed by atoms with Crippen LogP contribution in [-0.2, 0) is 6.61 Å². The molecule has 1 heterocycles. The van der Waals surface area contributed by atoms with Crippen LogP contribution < -0.4 is 15.0 Å². The molecule has 1 atom stereocenters. The van der Waals surface area contributed by atoms with E-state index >= 15 is 0 Å². The van der Waals surface area contributed by atoms with Gasteiger partial charge in [0.15, 0.2) is 11.5 Å². The van der Waals surface area contributed by atoms with E-state index in [1.54, 1.807) is 19.4 Å². The number of fused-ring (bicyclic) bond motifs is 1. The first-order chi connectivity index (χ1) is 16.9. The van der Waals surface area contributed by atoms with Gasteiger partial charge in [0, 0.05) is 16.0 Å². The highest BCUT2D eigenvalue weighted by Gasteiger charge is 2.16. The number of aryl methyl sites for hydroxylation is 1. The summed E-state index contributed by atoms with van der Waals surface area (Å²) in [4.78, 5) is 18.2. The Bertz CT molecular complexity index is 1430. The van der Waals surface area contributed by atoms with Gasteiger partial charge in [-0.3, -0.25) is 4.79 Å². The number of aromatic nitrogens is 2. The lowest BCUT2D eigenvalue weighted by Gasteiger charge is -2.15. The predicted molar refractivity (Wildman–Crippen MR) is 144 cm³/mol. The van der Waals surface area contributed by atoms with E-state index in [-0.39, 0.29) is 11.5 Å². The number of hydrogen-bond donors (Lipinski definition) is 0. The van der Waals surface area contributed by atoms with E-state index in [4.69, 9.17) is 14.5 Å². The minimum absolute atomic E-state index is 0.0514. The van der Waals surface area contributed by atoms with E-state index in [1.807, 2.05) is 49.4 Å². The van der Waals surface area contributed by atoms with Crippen LogP contribution in [0.2, 0.25) is 0 Å². The molecule has 4 aromatic rings. The van der Waals surface area contributed by atoms with E-state index in [2.05, 4.69) is 47.0 Å². The van der Waals surface area contributed by atoms with Crippen LogP contribution in [0.25, 0.3) is 10.9 Å². The Morgan fingerprint density at radius 3 is 2.63 bits per heavy atom. The average molecular weight is 534 g/mol. The van der Waals surface area contributed by atoms with Crippen LogP contribution in [0.15, 0.2) is 75.0 Å². The molecular formula is C28H28BrN3O3. The maximum Gasteiger partial charge on any atom is 0.282 e. The van der Waals surface area contributed by atoms with Gasteiger partial charge in [0.25, 0.3) is 5.56 Å². The number of methoxy groups -OCH3 is 1. The maximum absolute atomic E-state index is 13.4. The highest BCUT2D eigenvalue weighted by Crippen LogP contribution is 2.31. The smallest absolute Gasteiger partial charge is 0.282 e. The van der Waals surface area contributed by atoms with E-state index in [1.165, 1.54) is 10.2 Å². The highest BCUT2D eigenvalue weighted by atomic mass is 79.9. The lowest BCUT2D eigenvalue weighted by atomic mass is 10.1. The summed E-state index contributed by atoms with van der Waals surface area (Å²) in [7, 11) is 1.60. The molecular weight excluding hydrogens is 506 g/mol. The fraction of sp³-hybridized carbons (Fsp3) is 0.250. The summed E-state index contributed by atoms with van der Waals surface area (Å²) >= 11 is 3.45. The topological polar surface area (TPSA) is 65.7 Å². The fourth-order valence-corrected chi connectivity index (χ4v) is 4.05. The molecule has 1 aromatic heterocycles. The molecule has 35 heavy (non-hydrogen) atoms. The zero-order chi connectivity index (χ0) is 24.9. The molecule has 7 heteroatoms. The number of benzene rings is 3. The van der Waals surface area contributed by atoms with Crippen molar-refractivity contribution < 1.29 is 9.47 Å². The summed E-state index contributed by atoms with van der Waals surface area (Å²) in [6, 6.07) is 19.3. The fourth-order valence-electron chi connectivity index (χ4n) is 3.69. The van der Waals surface area contributed by atoms with Crippen molar-refractivity contribution >= 4 is 33.0 Å². The Kier molecular flexibility index (Phi) is 7.66. The molecule has 0 bridgehead atoms. The van der Waals surface area contributed by atoms with Crippen molar-refractivity contribution in [1.29, 1.82) is 0 Å². The van der Waals surface area contributed by atoms with Crippen LogP contribution >= 0.6 is 15.9 Å². The number of hydrogen-bond acceptors (Lipinski definition) is 5. The minimum Gasteiger partial charge on any atom is -0.493 e. The summed E-state index contributed by atoms with van der Waals surface area (Å²) in [6.45, 7) is 6.54. The third kappa shape index (κ3) is 5.46. The second-order valence-electron chi connectivity index (χ2n) is 8.46. The molecule has 0 aliphatic rings. The van der Waals surface area contributed by atoms with E-state index < -0.39 is 0 Å². The van der Waals surface area contributed by atoms with E-state index in [9.17, 15) is 4.79 Å². The van der Waals surface area contributed by atoms with E-state index in [0.717, 1.165) is 16.5 Å². The first-order valence-electron chi connectivity index (χ1n) is 11.5. The maximum atomic E-state index is 13.4. The SMILES string of the molecule is CC[C@H](C)c1nc2ccc(Br)cc2c(=O)n1N=Cc1cccc(OC)c1OCc1ccc(C)cc1. The summed E-state index contributed by atoms with van der Waals surface area (Å²) in [5.41, 5.74) is 3.38. The Hall–Kier alpha value is -3.45. The van der Waals surface area contributed by atoms with Gasteiger partial charge >= 0.3 is 0 Å². The quantitative estimate of drug-likeness (QED) is 0.244. The molecule has 6 nitrogen and oxygen atoms in total. The molecule has 4 rings (SSSR count). The van der Waals surface area contributed by atoms with Crippen molar-refractivity contribution in [2.75, 3.05) is 7.11 Å². The minimum atomic E-state index is -0.215. The largest absolute Gasteiger partial charge is 0.493 e. The van der Waals surface area contributed by atoms with Crippen LogP contribution in [0.4, 0.5) is 0 Å². The van der Waals surface area contributed by atoms with Gasteiger partial charge in [-0.25, -0.2) is 4.98 Å². The number of para-hydroxylation sites is 1. The van der Waals surface area contributed by atoms with Crippen molar-refractivity contribution in [3.8, 4) is 11.5 Å². The summed E-state index contributed by atoms with van der Waals surface area (Å²) in [6.07, 6.45) is 2.46. The van der Waals surface area contributed by atoms with Crippen molar-refractivity contribution in [1.82, 2.24) is 9.66 Å².